The smallest absolute Gasteiger partial charge is 0.243 e. The van der Waals surface area contributed by atoms with E-state index < -0.39 is 51.9 Å². The summed E-state index contributed by atoms with van der Waals surface area (Å²) < 4.78 is 38.0. The Bertz CT molecular complexity index is 2770. The zero-order valence-electron chi connectivity index (χ0n) is 46.9. The monoisotopic (exact) mass is 1160 g/mol. The third-order valence-electron chi connectivity index (χ3n) is 13.9. The van der Waals surface area contributed by atoms with E-state index in [0.29, 0.717) is 94.1 Å². The third-order valence-corrected chi connectivity index (χ3v) is 15.1. The number of carbonyl (C=O) groups is 6. The molecule has 0 saturated heterocycles. The number of nitrogens with one attached hydrogen (secondary N) is 7. The molecule has 2 heterocycles. The van der Waals surface area contributed by atoms with E-state index in [2.05, 4.69) is 36.6 Å². The molecule has 4 aromatic carbocycles. The molecule has 4 aromatic rings. The predicted molar refractivity (Wildman–Crippen MR) is 313 cm³/mol. The zero-order chi connectivity index (χ0) is 58.2. The van der Waals surface area contributed by atoms with E-state index in [9.17, 15) is 37.2 Å². The molecule has 0 radical (unpaired) electrons. The minimum atomic E-state index is -3.63. The first-order valence-corrected chi connectivity index (χ1v) is 30.5. The fourth-order valence-corrected chi connectivity index (χ4v) is 10.1. The van der Waals surface area contributed by atoms with Crippen LogP contribution in [0.15, 0.2) is 97.1 Å². The summed E-state index contributed by atoms with van der Waals surface area (Å²) in [7, 11) is -3.63. The Balaban J connectivity index is 0.000000295. The number of amides is 6. The Morgan fingerprint density at radius 1 is 0.537 bits per heavy atom. The predicted octanol–water partition coefficient (Wildman–Crippen LogP) is 7.05. The van der Waals surface area contributed by atoms with Crippen LogP contribution in [0, 0.1) is 23.7 Å². The summed E-state index contributed by atoms with van der Waals surface area (Å²) >= 11 is 12.1. The average molecular weight is 1160 g/mol. The lowest BCUT2D eigenvalue weighted by atomic mass is 9.92. The summed E-state index contributed by atoms with van der Waals surface area (Å²) in [6.45, 7) is 10.6. The number of halogens is 2. The lowest BCUT2D eigenvalue weighted by Gasteiger charge is -2.27. The number of carbonyl (C=O) groups excluding carboxylic acids is 6. The van der Waals surface area contributed by atoms with Crippen molar-refractivity contribution >= 4 is 68.7 Å². The highest BCUT2D eigenvalue weighted by Gasteiger charge is 2.33. The minimum absolute atomic E-state index is 0.152. The van der Waals surface area contributed by atoms with E-state index in [4.69, 9.17) is 32.7 Å². The van der Waals surface area contributed by atoms with Gasteiger partial charge in [-0.25, -0.2) is 13.1 Å². The van der Waals surface area contributed by atoms with Crippen LogP contribution in [-0.2, 0) is 64.5 Å². The Hall–Kier alpha value is -6.21. The standard InChI is InChI=1S/C30H41ClN4O6S.C30H40ClN3O4/c1-20(2)27-30(38)34-25(19-33-42(3,39)40)29(37)32-16-6-9-22-8-4-5-11-26(22)41-17-7-10-23(28(36)35-27)18-21-12-14-24(31)15-13-21;1-4-25-29(36)32-17-7-10-22-9-5-6-12-26(22)38-18-8-11-23(19-21-13-15-24(31)16-14-21)28(35)34-27(20(2)3)30(37)33-25/h4-5,8,11-15,20,23,25,27,33H,6-7,9-10,16-19H2,1-3H3,(H,32,37)(H,34,38)(H,35,36);5-6,9,12-16,20,23,25,27H,4,7-8,10-11,17-19H2,1-3H3,(H,32,36)(H,33,37)(H,34,35)/t2*23-,25+,27-/m11/s1. The Morgan fingerprint density at radius 3 is 1.34 bits per heavy atom. The van der Waals surface area contributed by atoms with E-state index in [1.54, 1.807) is 26.0 Å². The summed E-state index contributed by atoms with van der Waals surface area (Å²) in [4.78, 5) is 79.6. The van der Waals surface area contributed by atoms with Gasteiger partial charge in [-0.05, 0) is 141 Å². The van der Waals surface area contributed by atoms with Crippen LogP contribution in [0.4, 0.5) is 0 Å². The van der Waals surface area contributed by atoms with Gasteiger partial charge >= 0.3 is 0 Å². The van der Waals surface area contributed by atoms with Gasteiger partial charge in [0.05, 0.1) is 19.5 Å². The van der Waals surface area contributed by atoms with Crippen molar-refractivity contribution in [1.29, 1.82) is 0 Å². The number of aryl methyl sites for hydroxylation is 2. The third kappa shape index (κ3) is 22.0. The molecule has 0 aromatic heterocycles. The van der Waals surface area contributed by atoms with Gasteiger partial charge in [0, 0.05) is 41.5 Å². The number of hydrogen-bond donors (Lipinski definition) is 7. The minimum Gasteiger partial charge on any atom is -0.493 e. The molecular weight excluding hydrogens is 1080 g/mol. The van der Waals surface area contributed by atoms with E-state index in [1.165, 1.54) is 0 Å². The first-order chi connectivity index (χ1) is 38.2. The summed E-state index contributed by atoms with van der Waals surface area (Å²) in [5.74, 6) is -1.83. The summed E-state index contributed by atoms with van der Waals surface area (Å²) in [6, 6.07) is 26.8. The molecule has 20 heteroatoms. The van der Waals surface area contributed by atoms with Crippen LogP contribution >= 0.6 is 23.2 Å². The van der Waals surface area contributed by atoms with Crippen molar-refractivity contribution in [3.8, 4) is 11.5 Å². The second-order valence-electron chi connectivity index (χ2n) is 21.2. The largest absolute Gasteiger partial charge is 0.493 e. The highest BCUT2D eigenvalue weighted by Crippen LogP contribution is 2.25. The molecule has 0 fully saturated rings. The maximum atomic E-state index is 13.6. The SMILES string of the molecule is CC(C)[C@H]1NC(=O)[C@@H](Cc2ccc(Cl)cc2)CCCOc2ccccc2CCCNC(=O)[C@H](CNS(C)(=O)=O)NC1=O.CC[C@@H]1NC(=O)[C@@H](C(C)C)NC(=O)[C@@H](Cc2ccc(Cl)cc2)CCCOc2ccccc2CCCNC1=O. The highest BCUT2D eigenvalue weighted by molar-refractivity contribution is 7.88. The van der Waals surface area contributed by atoms with Gasteiger partial charge in [0.1, 0.15) is 35.7 Å². The Kier molecular flexibility index (Phi) is 26.6. The number of sulfonamides is 1. The van der Waals surface area contributed by atoms with E-state index in [0.717, 1.165) is 52.9 Å². The second-order valence-corrected chi connectivity index (χ2v) is 23.9. The van der Waals surface area contributed by atoms with Gasteiger partial charge in [-0.15, -0.1) is 0 Å². The van der Waals surface area contributed by atoms with Crippen LogP contribution in [0.3, 0.4) is 0 Å². The van der Waals surface area contributed by atoms with Gasteiger partial charge in [0.25, 0.3) is 0 Å². The quantitative estimate of drug-likeness (QED) is 0.0854. The lowest BCUT2D eigenvalue weighted by Crippen LogP contribution is -2.58. The van der Waals surface area contributed by atoms with E-state index in [-0.39, 0.29) is 47.9 Å². The zero-order valence-corrected chi connectivity index (χ0v) is 49.2. The number of ether oxygens (including phenoxy) is 2. The molecular formula is C60H81Cl2N7O10S. The van der Waals surface area contributed by atoms with Crippen LogP contribution in [0.25, 0.3) is 0 Å². The maximum Gasteiger partial charge on any atom is 0.243 e. The molecule has 0 aliphatic carbocycles. The van der Waals surface area contributed by atoms with E-state index in [1.807, 2.05) is 106 Å². The Morgan fingerprint density at radius 2 is 0.938 bits per heavy atom. The van der Waals surface area contributed by atoms with Gasteiger partial charge in [-0.1, -0.05) is 118 Å². The molecule has 0 spiro atoms. The second kappa shape index (κ2) is 32.9. The highest BCUT2D eigenvalue weighted by atomic mass is 35.5. The van der Waals surface area contributed by atoms with Crippen molar-refractivity contribution < 1.29 is 46.7 Å². The Labute approximate surface area is 482 Å². The van der Waals surface area contributed by atoms with Crippen molar-refractivity contribution in [3.05, 3.63) is 129 Å². The molecule has 80 heavy (non-hydrogen) atoms. The van der Waals surface area contributed by atoms with Crippen molar-refractivity contribution in [2.24, 2.45) is 23.7 Å². The van der Waals surface area contributed by atoms with Gasteiger partial charge in [-0.2, -0.15) is 0 Å². The molecule has 6 rings (SSSR count). The number of para-hydroxylation sites is 2. The molecule has 2 aliphatic rings. The molecule has 6 atom stereocenters. The van der Waals surface area contributed by atoms with Crippen molar-refractivity contribution in [2.75, 3.05) is 39.1 Å². The van der Waals surface area contributed by atoms with Crippen LogP contribution < -0.4 is 46.1 Å². The van der Waals surface area contributed by atoms with Crippen LogP contribution in [0.2, 0.25) is 10.0 Å². The first-order valence-electron chi connectivity index (χ1n) is 27.8. The molecule has 436 valence electrons. The number of fused-ring (bicyclic) bond motifs is 2. The molecule has 17 nitrogen and oxygen atoms in total. The number of hydrogen-bond acceptors (Lipinski definition) is 10. The topological polar surface area (TPSA) is 239 Å². The normalized spacial score (nSPS) is 21.9. The molecule has 2 aliphatic heterocycles. The first kappa shape index (κ1) is 64.6. The van der Waals surface area contributed by atoms with Crippen LogP contribution in [0.5, 0.6) is 11.5 Å². The maximum absolute atomic E-state index is 13.6. The lowest BCUT2D eigenvalue weighted by molar-refractivity contribution is -0.134. The van der Waals surface area contributed by atoms with Crippen molar-refractivity contribution in [2.45, 2.75) is 129 Å². The van der Waals surface area contributed by atoms with Gasteiger partial charge < -0.3 is 41.4 Å². The fraction of sp³-hybridized carbons (Fsp3) is 0.500. The average Bonchev–Trinajstić information content (AvgIpc) is 3.42. The molecule has 6 amide bonds. The summed E-state index contributed by atoms with van der Waals surface area (Å²) in [5.41, 5.74) is 4.00. The van der Waals surface area contributed by atoms with E-state index >= 15 is 0 Å². The van der Waals surface area contributed by atoms with Crippen molar-refractivity contribution in [3.63, 3.8) is 0 Å². The molecule has 0 unspecified atom stereocenters. The fourth-order valence-electron chi connectivity index (χ4n) is 9.35. The van der Waals surface area contributed by atoms with Gasteiger partial charge in [-0.3, -0.25) is 28.8 Å². The summed E-state index contributed by atoms with van der Waals surface area (Å²) in [5, 5.41) is 18.3. The van der Waals surface area contributed by atoms with Gasteiger partial charge in [0.15, 0.2) is 0 Å². The summed E-state index contributed by atoms with van der Waals surface area (Å²) in [6.07, 6.45) is 7.59. The molecule has 0 bridgehead atoms. The van der Waals surface area contributed by atoms with Gasteiger partial charge in [0.2, 0.25) is 45.5 Å². The number of rotatable bonds is 10. The molecule has 0 saturated carbocycles. The van der Waals surface area contributed by atoms with Crippen LogP contribution in [-0.4, -0.2) is 107 Å². The van der Waals surface area contributed by atoms with Crippen LogP contribution in [0.1, 0.15) is 102 Å². The van der Waals surface area contributed by atoms with Crippen molar-refractivity contribution in [1.82, 2.24) is 36.6 Å². The molecule has 7 N–H and O–H groups in total. The number of benzene rings is 4.